The lowest BCUT2D eigenvalue weighted by molar-refractivity contribution is -0.133. The predicted octanol–water partition coefficient (Wildman–Crippen LogP) is 3.14. The lowest BCUT2D eigenvalue weighted by Crippen LogP contribution is -2.39. The first-order chi connectivity index (χ1) is 10.7. The van der Waals surface area contributed by atoms with Crippen LogP contribution in [0.3, 0.4) is 0 Å². The Labute approximate surface area is 132 Å². The Morgan fingerprint density at radius 2 is 1.64 bits per heavy atom. The van der Waals surface area contributed by atoms with Gasteiger partial charge in [0.25, 0.3) is 0 Å². The van der Waals surface area contributed by atoms with Crippen LogP contribution in [-0.2, 0) is 10.2 Å². The lowest BCUT2D eigenvalue weighted by Gasteiger charge is -2.26. The summed E-state index contributed by atoms with van der Waals surface area (Å²) in [5.41, 5.74) is 0.753. The zero-order valence-corrected chi connectivity index (χ0v) is 13.6. The number of benzene rings is 1. The second-order valence-corrected chi connectivity index (χ2v) is 6.36. The average Bonchev–Trinajstić information content (AvgIpc) is 3.38. The molecule has 1 saturated heterocycles. The highest BCUT2D eigenvalue weighted by Crippen LogP contribution is 2.51. The molecule has 1 aliphatic heterocycles. The summed E-state index contributed by atoms with van der Waals surface area (Å²) in [6.45, 7) is 1.82. The SMILES string of the molecule is COc1ccc(C2(C(=O)N3CCCCCC3)CC2)cc1OC. The number of rotatable bonds is 4. The smallest absolute Gasteiger partial charge is 0.233 e. The molecule has 0 radical (unpaired) electrons. The van der Waals surface area contributed by atoms with Gasteiger partial charge in [0, 0.05) is 13.1 Å². The zero-order chi connectivity index (χ0) is 15.6. The number of likely N-dealkylation sites (tertiary alicyclic amines) is 1. The summed E-state index contributed by atoms with van der Waals surface area (Å²) in [5, 5.41) is 0. The van der Waals surface area contributed by atoms with Crippen LogP contribution in [0.2, 0.25) is 0 Å². The second-order valence-electron chi connectivity index (χ2n) is 6.36. The van der Waals surface area contributed by atoms with Gasteiger partial charge >= 0.3 is 0 Å². The van der Waals surface area contributed by atoms with Crippen molar-refractivity contribution in [1.29, 1.82) is 0 Å². The molecule has 0 bridgehead atoms. The predicted molar refractivity (Wildman–Crippen MR) is 85.5 cm³/mol. The minimum absolute atomic E-state index is 0.307. The molecule has 1 heterocycles. The van der Waals surface area contributed by atoms with E-state index in [0.717, 1.165) is 44.3 Å². The van der Waals surface area contributed by atoms with Gasteiger partial charge in [-0.1, -0.05) is 18.9 Å². The van der Waals surface area contributed by atoms with Crippen molar-refractivity contribution in [2.45, 2.75) is 43.9 Å². The van der Waals surface area contributed by atoms with Crippen LogP contribution in [0.15, 0.2) is 18.2 Å². The normalized spacial score (nSPS) is 20.2. The van der Waals surface area contributed by atoms with E-state index in [1.807, 2.05) is 18.2 Å². The monoisotopic (exact) mass is 303 g/mol. The molecule has 4 nitrogen and oxygen atoms in total. The third kappa shape index (κ3) is 2.67. The van der Waals surface area contributed by atoms with Crippen molar-refractivity contribution >= 4 is 5.91 Å². The number of amides is 1. The number of methoxy groups -OCH3 is 2. The van der Waals surface area contributed by atoms with Gasteiger partial charge in [-0.2, -0.15) is 0 Å². The minimum atomic E-state index is -0.316. The number of hydrogen-bond acceptors (Lipinski definition) is 3. The molecule has 1 aromatic rings. The van der Waals surface area contributed by atoms with Crippen LogP contribution in [0.4, 0.5) is 0 Å². The van der Waals surface area contributed by atoms with Gasteiger partial charge in [-0.3, -0.25) is 4.79 Å². The van der Waals surface area contributed by atoms with Crippen LogP contribution >= 0.6 is 0 Å². The van der Waals surface area contributed by atoms with E-state index in [0.29, 0.717) is 17.4 Å². The molecular formula is C18H25NO3. The van der Waals surface area contributed by atoms with Crippen LogP contribution in [0, 0.1) is 0 Å². The van der Waals surface area contributed by atoms with Gasteiger partial charge in [0.2, 0.25) is 5.91 Å². The Morgan fingerprint density at radius 1 is 1.00 bits per heavy atom. The second kappa shape index (κ2) is 6.19. The molecule has 0 atom stereocenters. The van der Waals surface area contributed by atoms with Gasteiger partial charge in [0.1, 0.15) is 0 Å². The molecule has 1 amide bonds. The van der Waals surface area contributed by atoms with Crippen LogP contribution < -0.4 is 9.47 Å². The van der Waals surface area contributed by atoms with E-state index in [1.54, 1.807) is 14.2 Å². The molecule has 0 aromatic heterocycles. The fraction of sp³-hybridized carbons (Fsp3) is 0.611. The maximum absolute atomic E-state index is 13.0. The summed E-state index contributed by atoms with van der Waals surface area (Å²) in [7, 11) is 3.27. The molecule has 22 heavy (non-hydrogen) atoms. The minimum Gasteiger partial charge on any atom is -0.493 e. The summed E-state index contributed by atoms with van der Waals surface area (Å²) < 4.78 is 10.7. The van der Waals surface area contributed by atoms with Crippen LogP contribution in [0.5, 0.6) is 11.5 Å². The van der Waals surface area contributed by atoms with Gasteiger partial charge in [0.05, 0.1) is 19.6 Å². The number of carbonyl (C=O) groups excluding carboxylic acids is 1. The number of ether oxygens (including phenoxy) is 2. The van der Waals surface area contributed by atoms with Crippen molar-refractivity contribution in [3.8, 4) is 11.5 Å². The lowest BCUT2D eigenvalue weighted by atomic mass is 9.93. The van der Waals surface area contributed by atoms with Crippen molar-refractivity contribution < 1.29 is 14.3 Å². The van der Waals surface area contributed by atoms with E-state index in [4.69, 9.17) is 9.47 Å². The van der Waals surface area contributed by atoms with Gasteiger partial charge in [-0.25, -0.2) is 0 Å². The molecule has 3 rings (SSSR count). The van der Waals surface area contributed by atoms with Gasteiger partial charge in [0.15, 0.2) is 11.5 Å². The number of carbonyl (C=O) groups is 1. The maximum Gasteiger partial charge on any atom is 0.233 e. The molecule has 1 aliphatic carbocycles. The highest BCUT2D eigenvalue weighted by Gasteiger charge is 2.53. The van der Waals surface area contributed by atoms with E-state index < -0.39 is 0 Å². The first-order valence-corrected chi connectivity index (χ1v) is 8.23. The molecule has 0 spiro atoms. The Balaban J connectivity index is 1.85. The topological polar surface area (TPSA) is 38.8 Å². The molecular weight excluding hydrogens is 278 g/mol. The van der Waals surface area contributed by atoms with Crippen molar-refractivity contribution in [2.24, 2.45) is 0 Å². The van der Waals surface area contributed by atoms with E-state index in [1.165, 1.54) is 12.8 Å². The summed E-state index contributed by atoms with van der Waals surface area (Å²) >= 11 is 0. The van der Waals surface area contributed by atoms with E-state index >= 15 is 0 Å². The van der Waals surface area contributed by atoms with Crippen LogP contribution in [0.1, 0.15) is 44.1 Å². The van der Waals surface area contributed by atoms with Crippen LogP contribution in [0.25, 0.3) is 0 Å². The summed E-state index contributed by atoms with van der Waals surface area (Å²) in [5.74, 6) is 1.72. The molecule has 0 N–H and O–H groups in total. The van der Waals surface area contributed by atoms with Crippen molar-refractivity contribution in [3.63, 3.8) is 0 Å². The Kier molecular flexibility index (Phi) is 4.27. The molecule has 120 valence electrons. The van der Waals surface area contributed by atoms with Gasteiger partial charge in [-0.15, -0.1) is 0 Å². The largest absolute Gasteiger partial charge is 0.493 e. The van der Waals surface area contributed by atoms with E-state index in [-0.39, 0.29) is 5.41 Å². The van der Waals surface area contributed by atoms with E-state index in [2.05, 4.69) is 4.90 Å². The van der Waals surface area contributed by atoms with Gasteiger partial charge < -0.3 is 14.4 Å². The van der Waals surface area contributed by atoms with E-state index in [9.17, 15) is 4.79 Å². The fourth-order valence-corrected chi connectivity index (χ4v) is 3.46. The van der Waals surface area contributed by atoms with Crippen molar-refractivity contribution in [3.05, 3.63) is 23.8 Å². The fourth-order valence-electron chi connectivity index (χ4n) is 3.46. The molecule has 0 unspecified atom stereocenters. The summed E-state index contributed by atoms with van der Waals surface area (Å²) in [6.07, 6.45) is 6.64. The van der Waals surface area contributed by atoms with Crippen molar-refractivity contribution in [1.82, 2.24) is 4.90 Å². The first kappa shape index (κ1) is 15.2. The summed E-state index contributed by atoms with van der Waals surface area (Å²) in [6, 6.07) is 5.90. The highest BCUT2D eigenvalue weighted by molar-refractivity contribution is 5.91. The molecule has 1 aromatic carbocycles. The molecule has 2 fully saturated rings. The number of nitrogens with zero attached hydrogens (tertiary/aromatic N) is 1. The molecule has 4 heteroatoms. The van der Waals surface area contributed by atoms with Crippen molar-refractivity contribution in [2.75, 3.05) is 27.3 Å². The summed E-state index contributed by atoms with van der Waals surface area (Å²) in [4.78, 5) is 15.1. The van der Waals surface area contributed by atoms with Crippen LogP contribution in [-0.4, -0.2) is 38.1 Å². The first-order valence-electron chi connectivity index (χ1n) is 8.23. The Morgan fingerprint density at radius 3 is 2.18 bits per heavy atom. The standard InChI is InChI=1S/C18H25NO3/c1-21-15-8-7-14(13-16(15)22-2)18(9-10-18)17(20)19-11-5-3-4-6-12-19/h7-8,13H,3-6,9-12H2,1-2H3. The quantitative estimate of drug-likeness (QED) is 0.858. The maximum atomic E-state index is 13.0. The zero-order valence-electron chi connectivity index (χ0n) is 13.6. The third-order valence-electron chi connectivity index (χ3n) is 4.99. The average molecular weight is 303 g/mol. The van der Waals surface area contributed by atoms with Gasteiger partial charge in [-0.05, 0) is 43.4 Å². The Bertz CT molecular complexity index is 543. The Hall–Kier alpha value is -1.71. The highest BCUT2D eigenvalue weighted by atomic mass is 16.5. The third-order valence-corrected chi connectivity index (χ3v) is 4.99. The molecule has 1 saturated carbocycles. The number of hydrogen-bond donors (Lipinski definition) is 0. The molecule has 2 aliphatic rings.